The van der Waals surface area contributed by atoms with Crippen molar-refractivity contribution in [2.45, 2.75) is 13.8 Å². The molecule has 0 radical (unpaired) electrons. The van der Waals surface area contributed by atoms with E-state index in [2.05, 4.69) is 77.6 Å². The number of hydrogen-bond donors (Lipinski definition) is 0. The third-order valence-corrected chi connectivity index (χ3v) is 7.27. The standard InChI is InChI=1S/C29H21N3S/c1-18-7-6-10-24-25-17-23(15-16-26(25)33-27(18)24)20-11-13-22(14-12-20)29-31-19(2)30-28(32-29)21-8-4-3-5-9-21/h3-17H,1-2H3. The third kappa shape index (κ3) is 3.59. The van der Waals surface area contributed by atoms with E-state index < -0.39 is 0 Å². The molecule has 0 aliphatic rings. The first kappa shape index (κ1) is 19.8. The van der Waals surface area contributed by atoms with Gasteiger partial charge in [-0.05, 0) is 42.7 Å². The summed E-state index contributed by atoms with van der Waals surface area (Å²) < 4.78 is 2.70. The van der Waals surface area contributed by atoms with E-state index in [9.17, 15) is 0 Å². The Morgan fingerprint density at radius 2 is 1.21 bits per heavy atom. The van der Waals surface area contributed by atoms with Gasteiger partial charge in [-0.3, -0.25) is 0 Å². The van der Waals surface area contributed by atoms with Crippen LogP contribution in [0, 0.1) is 13.8 Å². The molecule has 0 unspecified atom stereocenters. The second-order valence-corrected chi connectivity index (χ2v) is 9.29. The molecule has 33 heavy (non-hydrogen) atoms. The van der Waals surface area contributed by atoms with Crippen molar-refractivity contribution in [1.82, 2.24) is 15.0 Å². The highest BCUT2D eigenvalue weighted by Gasteiger charge is 2.11. The smallest absolute Gasteiger partial charge is 0.163 e. The zero-order valence-electron chi connectivity index (χ0n) is 18.4. The monoisotopic (exact) mass is 443 g/mol. The Hall–Kier alpha value is -3.89. The zero-order valence-corrected chi connectivity index (χ0v) is 19.2. The van der Waals surface area contributed by atoms with Crippen molar-refractivity contribution in [3.8, 4) is 33.9 Å². The molecular formula is C29H21N3S. The molecule has 4 heteroatoms. The molecule has 158 valence electrons. The Morgan fingerprint density at radius 3 is 1.97 bits per heavy atom. The lowest BCUT2D eigenvalue weighted by atomic mass is 10.0. The average Bonchev–Trinajstić information content (AvgIpc) is 3.24. The largest absolute Gasteiger partial charge is 0.213 e. The Balaban J connectivity index is 1.38. The van der Waals surface area contributed by atoms with Crippen LogP contribution in [0.1, 0.15) is 11.4 Å². The van der Waals surface area contributed by atoms with Crippen LogP contribution >= 0.6 is 11.3 Å². The van der Waals surface area contributed by atoms with Gasteiger partial charge in [0, 0.05) is 31.3 Å². The van der Waals surface area contributed by atoms with Gasteiger partial charge in [-0.2, -0.15) is 0 Å². The van der Waals surface area contributed by atoms with E-state index >= 15 is 0 Å². The molecule has 0 amide bonds. The lowest BCUT2D eigenvalue weighted by Crippen LogP contribution is -1.99. The number of hydrogen-bond acceptors (Lipinski definition) is 4. The lowest BCUT2D eigenvalue weighted by molar-refractivity contribution is 0.992. The summed E-state index contributed by atoms with van der Waals surface area (Å²) >= 11 is 1.87. The summed E-state index contributed by atoms with van der Waals surface area (Å²) in [5, 5.41) is 2.66. The number of aryl methyl sites for hydroxylation is 2. The van der Waals surface area contributed by atoms with Crippen LogP contribution in [0.3, 0.4) is 0 Å². The maximum atomic E-state index is 4.73. The van der Waals surface area contributed by atoms with Gasteiger partial charge in [-0.25, -0.2) is 15.0 Å². The number of benzene rings is 4. The fourth-order valence-corrected chi connectivity index (χ4v) is 5.41. The molecule has 0 fully saturated rings. The first-order valence-electron chi connectivity index (χ1n) is 11.0. The quantitative estimate of drug-likeness (QED) is 0.279. The number of aromatic nitrogens is 3. The minimum atomic E-state index is 0.697. The highest BCUT2D eigenvalue weighted by molar-refractivity contribution is 7.26. The van der Waals surface area contributed by atoms with Crippen molar-refractivity contribution >= 4 is 31.5 Å². The zero-order chi connectivity index (χ0) is 22.4. The fourth-order valence-electron chi connectivity index (χ4n) is 4.26. The summed E-state index contributed by atoms with van der Waals surface area (Å²) in [5.41, 5.74) is 5.71. The van der Waals surface area contributed by atoms with Gasteiger partial charge in [-0.15, -0.1) is 11.3 Å². The van der Waals surface area contributed by atoms with Gasteiger partial charge in [0.15, 0.2) is 11.6 Å². The summed E-state index contributed by atoms with van der Waals surface area (Å²) in [4.78, 5) is 13.8. The minimum absolute atomic E-state index is 0.697. The summed E-state index contributed by atoms with van der Waals surface area (Å²) in [6, 6.07) is 31.8. The van der Waals surface area contributed by atoms with E-state index in [1.165, 1.54) is 36.9 Å². The molecule has 6 rings (SSSR count). The number of rotatable bonds is 3. The predicted octanol–water partition coefficient (Wildman–Crippen LogP) is 7.86. The Morgan fingerprint density at radius 1 is 0.545 bits per heavy atom. The van der Waals surface area contributed by atoms with Crippen molar-refractivity contribution in [2.75, 3.05) is 0 Å². The number of thiophene rings is 1. The second kappa shape index (κ2) is 7.91. The normalized spacial score (nSPS) is 11.3. The molecule has 0 bridgehead atoms. The first-order valence-corrected chi connectivity index (χ1v) is 11.8. The molecule has 2 aromatic heterocycles. The molecule has 0 aliphatic heterocycles. The van der Waals surface area contributed by atoms with Gasteiger partial charge in [0.25, 0.3) is 0 Å². The predicted molar refractivity (Wildman–Crippen MR) is 138 cm³/mol. The fraction of sp³-hybridized carbons (Fsp3) is 0.0690. The molecule has 4 aromatic carbocycles. The lowest BCUT2D eigenvalue weighted by Gasteiger charge is -2.07. The Bertz CT molecular complexity index is 1620. The minimum Gasteiger partial charge on any atom is -0.213 e. The highest BCUT2D eigenvalue weighted by atomic mass is 32.1. The molecule has 0 saturated carbocycles. The van der Waals surface area contributed by atoms with E-state index in [1.807, 2.05) is 48.6 Å². The van der Waals surface area contributed by atoms with Gasteiger partial charge in [0.1, 0.15) is 5.82 Å². The summed E-state index contributed by atoms with van der Waals surface area (Å²) in [7, 11) is 0. The summed E-state index contributed by atoms with van der Waals surface area (Å²) in [6.07, 6.45) is 0. The molecule has 6 aromatic rings. The molecule has 2 heterocycles. The molecule has 0 saturated heterocycles. The molecule has 0 N–H and O–H groups in total. The summed E-state index contributed by atoms with van der Waals surface area (Å²) in [5.74, 6) is 2.11. The molecule has 0 atom stereocenters. The van der Waals surface area contributed by atoms with Crippen molar-refractivity contribution < 1.29 is 0 Å². The van der Waals surface area contributed by atoms with Crippen LogP contribution in [0.5, 0.6) is 0 Å². The van der Waals surface area contributed by atoms with Crippen LogP contribution in [-0.4, -0.2) is 15.0 Å². The van der Waals surface area contributed by atoms with Crippen LogP contribution in [0.15, 0.2) is 91.0 Å². The number of fused-ring (bicyclic) bond motifs is 3. The first-order chi connectivity index (χ1) is 16.2. The van der Waals surface area contributed by atoms with Gasteiger partial charge < -0.3 is 0 Å². The SMILES string of the molecule is Cc1nc(-c2ccccc2)nc(-c2ccc(-c3ccc4sc5c(C)cccc5c4c3)cc2)n1. The van der Waals surface area contributed by atoms with Gasteiger partial charge >= 0.3 is 0 Å². The van der Waals surface area contributed by atoms with Gasteiger partial charge in [-0.1, -0.05) is 78.9 Å². The van der Waals surface area contributed by atoms with E-state index in [0.29, 0.717) is 17.5 Å². The summed E-state index contributed by atoms with van der Waals surface area (Å²) in [6.45, 7) is 4.09. The molecule has 3 nitrogen and oxygen atoms in total. The Kier molecular flexibility index (Phi) is 4.74. The molecular weight excluding hydrogens is 422 g/mol. The van der Waals surface area contributed by atoms with Crippen LogP contribution in [0.4, 0.5) is 0 Å². The van der Waals surface area contributed by atoms with Crippen molar-refractivity contribution in [3.63, 3.8) is 0 Å². The van der Waals surface area contributed by atoms with Gasteiger partial charge in [0.2, 0.25) is 0 Å². The van der Waals surface area contributed by atoms with E-state index in [0.717, 1.165) is 11.1 Å². The topological polar surface area (TPSA) is 38.7 Å². The van der Waals surface area contributed by atoms with Crippen molar-refractivity contribution in [1.29, 1.82) is 0 Å². The van der Waals surface area contributed by atoms with Crippen LogP contribution < -0.4 is 0 Å². The van der Waals surface area contributed by atoms with Crippen LogP contribution in [-0.2, 0) is 0 Å². The van der Waals surface area contributed by atoms with Crippen molar-refractivity contribution in [2.24, 2.45) is 0 Å². The van der Waals surface area contributed by atoms with Crippen LogP contribution in [0.25, 0.3) is 54.1 Å². The third-order valence-electron chi connectivity index (χ3n) is 5.95. The number of nitrogens with zero attached hydrogens (tertiary/aromatic N) is 3. The maximum absolute atomic E-state index is 4.73. The second-order valence-electron chi connectivity index (χ2n) is 8.24. The Labute approximate surface area is 196 Å². The molecule has 0 aliphatic carbocycles. The van der Waals surface area contributed by atoms with Crippen LogP contribution in [0.2, 0.25) is 0 Å². The highest BCUT2D eigenvalue weighted by Crippen LogP contribution is 2.38. The molecule has 0 spiro atoms. The average molecular weight is 444 g/mol. The van der Waals surface area contributed by atoms with Crippen molar-refractivity contribution in [3.05, 3.63) is 102 Å². The van der Waals surface area contributed by atoms with E-state index in [-0.39, 0.29) is 0 Å². The van der Waals surface area contributed by atoms with E-state index in [4.69, 9.17) is 4.98 Å². The van der Waals surface area contributed by atoms with Gasteiger partial charge in [0.05, 0.1) is 0 Å². The van der Waals surface area contributed by atoms with E-state index in [1.54, 1.807) is 0 Å². The maximum Gasteiger partial charge on any atom is 0.163 e.